The lowest BCUT2D eigenvalue weighted by molar-refractivity contribution is -0.131. The summed E-state index contributed by atoms with van der Waals surface area (Å²) in [6.07, 6.45) is 2.48. The molecule has 2 fully saturated rings. The van der Waals surface area contributed by atoms with E-state index in [0.29, 0.717) is 11.8 Å². The van der Waals surface area contributed by atoms with Gasteiger partial charge in [0.1, 0.15) is 0 Å². The Morgan fingerprint density at radius 2 is 1.96 bits per heavy atom. The van der Waals surface area contributed by atoms with Gasteiger partial charge in [-0.05, 0) is 42.4 Å². The predicted molar refractivity (Wildman–Crippen MR) is 103 cm³/mol. The Balaban J connectivity index is 0.00000225. The van der Waals surface area contributed by atoms with E-state index in [1.165, 1.54) is 6.92 Å². The van der Waals surface area contributed by atoms with E-state index in [1.54, 1.807) is 0 Å². The fraction of sp³-hybridized carbons (Fsp3) is 0.556. The number of nitrogens with one attached hydrogen (secondary N) is 1. The first-order valence-corrected chi connectivity index (χ1v) is 9.29. The van der Waals surface area contributed by atoms with Gasteiger partial charge in [0, 0.05) is 30.5 Å². The largest absolute Gasteiger partial charge is 0.349 e. The summed E-state index contributed by atoms with van der Waals surface area (Å²) >= 11 is 3.41. The Bertz CT molecular complexity index is 625. The zero-order chi connectivity index (χ0) is 17.3. The molecule has 0 aromatic heterocycles. The molecule has 3 rings (SSSR count). The normalized spacial score (nSPS) is 25.9. The van der Waals surface area contributed by atoms with Crippen LogP contribution in [0.4, 0.5) is 0 Å². The van der Waals surface area contributed by atoms with Crippen molar-refractivity contribution in [2.24, 2.45) is 17.6 Å². The van der Waals surface area contributed by atoms with Crippen LogP contribution in [0.1, 0.15) is 37.8 Å². The van der Waals surface area contributed by atoms with Crippen LogP contribution in [-0.2, 0) is 9.59 Å². The molecule has 3 N–H and O–H groups in total. The van der Waals surface area contributed by atoms with Crippen LogP contribution >= 0.6 is 28.3 Å². The molecule has 138 valence electrons. The predicted octanol–water partition coefficient (Wildman–Crippen LogP) is 2.63. The number of nitrogens with two attached hydrogens (primary N) is 1. The molecule has 1 heterocycles. The van der Waals surface area contributed by atoms with E-state index in [2.05, 4.69) is 21.2 Å². The average molecular weight is 431 g/mol. The summed E-state index contributed by atoms with van der Waals surface area (Å²) in [5.41, 5.74) is 7.10. The van der Waals surface area contributed by atoms with Crippen LogP contribution in [0.5, 0.6) is 0 Å². The number of halogens is 2. The molecule has 2 aliphatic rings. The van der Waals surface area contributed by atoms with Crippen LogP contribution in [-0.4, -0.2) is 35.8 Å². The van der Waals surface area contributed by atoms with Gasteiger partial charge in [-0.3, -0.25) is 9.59 Å². The molecule has 1 aliphatic carbocycles. The zero-order valence-electron chi connectivity index (χ0n) is 14.3. The Morgan fingerprint density at radius 3 is 2.56 bits per heavy atom. The molecule has 1 aromatic rings. The van der Waals surface area contributed by atoms with Gasteiger partial charge in [-0.1, -0.05) is 28.1 Å². The maximum absolute atomic E-state index is 12.7. The fourth-order valence-electron chi connectivity index (χ4n) is 4.01. The second-order valence-electron chi connectivity index (χ2n) is 6.97. The van der Waals surface area contributed by atoms with Crippen molar-refractivity contribution in [1.82, 2.24) is 10.2 Å². The number of hydrogen-bond donors (Lipinski definition) is 2. The number of nitrogens with zero attached hydrogens (tertiary/aromatic N) is 1. The Kier molecular flexibility index (Phi) is 6.88. The highest BCUT2D eigenvalue weighted by molar-refractivity contribution is 9.10. The molecular formula is C18H25BrClN3O2. The van der Waals surface area contributed by atoms with Crippen molar-refractivity contribution < 1.29 is 9.59 Å². The topological polar surface area (TPSA) is 75.4 Å². The molecule has 2 amide bonds. The molecule has 1 aliphatic heterocycles. The maximum Gasteiger partial charge on any atom is 0.225 e. The zero-order valence-corrected chi connectivity index (χ0v) is 16.7. The second-order valence-corrected chi connectivity index (χ2v) is 7.89. The summed E-state index contributed by atoms with van der Waals surface area (Å²) in [6, 6.07) is 7.66. The molecule has 25 heavy (non-hydrogen) atoms. The van der Waals surface area contributed by atoms with Crippen molar-refractivity contribution >= 4 is 40.2 Å². The van der Waals surface area contributed by atoms with Crippen LogP contribution in [0.25, 0.3) is 0 Å². The number of likely N-dealkylation sites (tertiary alicyclic amines) is 1. The maximum atomic E-state index is 12.7. The van der Waals surface area contributed by atoms with Gasteiger partial charge in [0.2, 0.25) is 11.8 Å². The quantitative estimate of drug-likeness (QED) is 0.771. The summed E-state index contributed by atoms with van der Waals surface area (Å²) in [5.74, 6) is 0.964. The molecule has 5 nitrogen and oxygen atoms in total. The van der Waals surface area contributed by atoms with Crippen molar-refractivity contribution in [3.8, 4) is 0 Å². The smallest absolute Gasteiger partial charge is 0.225 e. The third kappa shape index (κ3) is 4.74. The molecule has 1 aromatic carbocycles. The van der Waals surface area contributed by atoms with E-state index in [0.717, 1.165) is 36.0 Å². The van der Waals surface area contributed by atoms with Crippen LogP contribution in [0.15, 0.2) is 28.7 Å². The van der Waals surface area contributed by atoms with Gasteiger partial charge in [-0.15, -0.1) is 12.4 Å². The van der Waals surface area contributed by atoms with Gasteiger partial charge >= 0.3 is 0 Å². The molecular weight excluding hydrogens is 406 g/mol. The number of fused-ring (bicyclic) bond motifs is 1. The van der Waals surface area contributed by atoms with Crippen LogP contribution in [0.3, 0.4) is 0 Å². The highest BCUT2D eigenvalue weighted by atomic mass is 79.9. The van der Waals surface area contributed by atoms with Crippen molar-refractivity contribution in [2.45, 2.75) is 38.3 Å². The molecule has 1 saturated heterocycles. The Hall–Kier alpha value is -1.11. The van der Waals surface area contributed by atoms with Gasteiger partial charge in [0.05, 0.1) is 12.5 Å². The van der Waals surface area contributed by atoms with Crippen molar-refractivity contribution in [3.05, 3.63) is 34.3 Å². The SMILES string of the molecule is CC(=O)NC(CC(=O)N1CC2CCC(N)C2C1)c1ccc(Br)cc1.Cl. The minimum absolute atomic E-state index is 0. The Morgan fingerprint density at radius 1 is 1.28 bits per heavy atom. The molecule has 7 heteroatoms. The standard InChI is InChI=1S/C18H24BrN3O2.ClH/c1-11(23)21-17(12-2-5-14(19)6-3-12)8-18(24)22-9-13-4-7-16(20)15(13)10-22;/h2-3,5-6,13,15-17H,4,7-10,20H2,1H3,(H,21,23);1H. The minimum Gasteiger partial charge on any atom is -0.349 e. The number of hydrogen-bond acceptors (Lipinski definition) is 3. The van der Waals surface area contributed by atoms with Gasteiger partial charge < -0.3 is 16.0 Å². The van der Waals surface area contributed by atoms with Crippen molar-refractivity contribution in [2.75, 3.05) is 13.1 Å². The molecule has 4 unspecified atom stereocenters. The second kappa shape index (κ2) is 8.52. The minimum atomic E-state index is -0.294. The van der Waals surface area contributed by atoms with Gasteiger partial charge in [0.25, 0.3) is 0 Å². The first kappa shape index (κ1) is 20.2. The van der Waals surface area contributed by atoms with E-state index < -0.39 is 0 Å². The molecule has 1 saturated carbocycles. The number of rotatable bonds is 4. The molecule has 0 spiro atoms. The van der Waals surface area contributed by atoms with Gasteiger partial charge in [0.15, 0.2) is 0 Å². The van der Waals surface area contributed by atoms with E-state index in [4.69, 9.17) is 5.73 Å². The van der Waals surface area contributed by atoms with Crippen LogP contribution in [0, 0.1) is 11.8 Å². The van der Waals surface area contributed by atoms with E-state index in [-0.39, 0.29) is 42.7 Å². The highest BCUT2D eigenvalue weighted by Gasteiger charge is 2.42. The first-order valence-electron chi connectivity index (χ1n) is 8.50. The third-order valence-corrected chi connectivity index (χ3v) is 5.82. The molecule has 4 atom stereocenters. The number of carbonyl (C=O) groups is 2. The van der Waals surface area contributed by atoms with Gasteiger partial charge in [-0.25, -0.2) is 0 Å². The van der Waals surface area contributed by atoms with E-state index >= 15 is 0 Å². The lowest BCUT2D eigenvalue weighted by Gasteiger charge is -2.23. The van der Waals surface area contributed by atoms with Crippen molar-refractivity contribution in [3.63, 3.8) is 0 Å². The van der Waals surface area contributed by atoms with Gasteiger partial charge in [-0.2, -0.15) is 0 Å². The van der Waals surface area contributed by atoms with Crippen LogP contribution < -0.4 is 11.1 Å². The number of carbonyl (C=O) groups excluding carboxylic acids is 2. The third-order valence-electron chi connectivity index (χ3n) is 5.29. The molecule has 0 bridgehead atoms. The van der Waals surface area contributed by atoms with E-state index in [9.17, 15) is 9.59 Å². The summed E-state index contributed by atoms with van der Waals surface area (Å²) in [5, 5.41) is 2.90. The summed E-state index contributed by atoms with van der Waals surface area (Å²) < 4.78 is 0.973. The highest BCUT2D eigenvalue weighted by Crippen LogP contribution is 2.37. The van der Waals surface area contributed by atoms with Crippen LogP contribution in [0.2, 0.25) is 0 Å². The van der Waals surface area contributed by atoms with Crippen molar-refractivity contribution in [1.29, 1.82) is 0 Å². The number of amides is 2. The lowest BCUT2D eigenvalue weighted by atomic mass is 9.98. The Labute approximate surface area is 163 Å². The number of benzene rings is 1. The fourth-order valence-corrected chi connectivity index (χ4v) is 4.27. The summed E-state index contributed by atoms with van der Waals surface area (Å²) in [6.45, 7) is 3.05. The first-order chi connectivity index (χ1) is 11.4. The monoisotopic (exact) mass is 429 g/mol. The average Bonchev–Trinajstić information content (AvgIpc) is 3.09. The molecule has 0 radical (unpaired) electrons. The lowest BCUT2D eigenvalue weighted by Crippen LogP contribution is -2.36. The summed E-state index contributed by atoms with van der Waals surface area (Å²) in [7, 11) is 0. The van der Waals surface area contributed by atoms with E-state index in [1.807, 2.05) is 29.2 Å². The summed E-state index contributed by atoms with van der Waals surface area (Å²) in [4.78, 5) is 26.2.